The lowest BCUT2D eigenvalue weighted by molar-refractivity contribution is -0.129. The van der Waals surface area contributed by atoms with Crippen molar-refractivity contribution < 1.29 is 9.59 Å². The Morgan fingerprint density at radius 2 is 2.06 bits per heavy atom. The molecule has 1 heterocycles. The molecular weight excluding hydrogens is 206 g/mol. The van der Waals surface area contributed by atoms with Crippen LogP contribution in [-0.2, 0) is 9.59 Å². The Kier molecular flexibility index (Phi) is 4.73. The van der Waals surface area contributed by atoms with Crippen molar-refractivity contribution in [1.82, 2.24) is 16.0 Å². The average molecular weight is 227 g/mol. The minimum absolute atomic E-state index is 0.0809. The van der Waals surface area contributed by atoms with Crippen molar-refractivity contribution in [3.05, 3.63) is 0 Å². The Bertz CT molecular complexity index is 268. The van der Waals surface area contributed by atoms with Crippen molar-refractivity contribution in [3.8, 4) is 0 Å². The number of amides is 2. The van der Waals surface area contributed by atoms with Crippen LogP contribution in [0.4, 0.5) is 0 Å². The van der Waals surface area contributed by atoms with Gasteiger partial charge in [0.1, 0.15) is 6.04 Å². The number of carbonyl (C=O) groups is 2. The zero-order valence-electron chi connectivity index (χ0n) is 10.2. The zero-order chi connectivity index (χ0) is 12.1. The summed E-state index contributed by atoms with van der Waals surface area (Å²) >= 11 is 0. The van der Waals surface area contributed by atoms with Gasteiger partial charge >= 0.3 is 0 Å². The van der Waals surface area contributed by atoms with Crippen LogP contribution in [0, 0.1) is 0 Å². The minimum Gasteiger partial charge on any atom is -0.357 e. The van der Waals surface area contributed by atoms with Crippen LogP contribution in [0.3, 0.4) is 0 Å². The lowest BCUT2D eigenvalue weighted by Crippen LogP contribution is -2.54. The molecule has 2 amide bonds. The van der Waals surface area contributed by atoms with Crippen LogP contribution in [0.15, 0.2) is 0 Å². The third-order valence-electron chi connectivity index (χ3n) is 2.93. The molecule has 5 heteroatoms. The molecule has 0 aromatic heterocycles. The normalized spacial score (nSPS) is 26.9. The molecule has 1 fully saturated rings. The van der Waals surface area contributed by atoms with E-state index in [2.05, 4.69) is 22.9 Å². The number of rotatable bonds is 3. The summed E-state index contributed by atoms with van der Waals surface area (Å²) in [5.41, 5.74) is 0. The Hall–Kier alpha value is -1.10. The van der Waals surface area contributed by atoms with Crippen molar-refractivity contribution in [2.75, 3.05) is 7.05 Å². The second-order valence-electron chi connectivity index (χ2n) is 4.40. The summed E-state index contributed by atoms with van der Waals surface area (Å²) < 4.78 is 0. The summed E-state index contributed by atoms with van der Waals surface area (Å²) in [5, 5.41) is 8.45. The highest BCUT2D eigenvalue weighted by molar-refractivity contribution is 5.89. The predicted octanol–water partition coefficient (Wildman–Crippen LogP) is -0.232. The Morgan fingerprint density at radius 1 is 1.38 bits per heavy atom. The van der Waals surface area contributed by atoms with Gasteiger partial charge in [0.15, 0.2) is 0 Å². The number of hydrogen-bond donors (Lipinski definition) is 3. The summed E-state index contributed by atoms with van der Waals surface area (Å²) in [6.45, 7) is 3.75. The van der Waals surface area contributed by atoms with Gasteiger partial charge in [-0.2, -0.15) is 0 Å². The van der Waals surface area contributed by atoms with E-state index in [1.54, 1.807) is 14.0 Å². The lowest BCUT2D eigenvalue weighted by Gasteiger charge is -2.28. The molecule has 92 valence electrons. The van der Waals surface area contributed by atoms with Gasteiger partial charge in [-0.15, -0.1) is 0 Å². The highest BCUT2D eigenvalue weighted by Gasteiger charge is 2.26. The van der Waals surface area contributed by atoms with Crippen LogP contribution in [-0.4, -0.2) is 37.0 Å². The third kappa shape index (κ3) is 3.48. The Labute approximate surface area is 96.4 Å². The first kappa shape index (κ1) is 13.0. The van der Waals surface area contributed by atoms with Crippen LogP contribution >= 0.6 is 0 Å². The van der Waals surface area contributed by atoms with E-state index in [0.29, 0.717) is 6.04 Å². The number of nitrogens with one attached hydrogen (secondary N) is 3. The van der Waals surface area contributed by atoms with Crippen LogP contribution in [0.5, 0.6) is 0 Å². The minimum atomic E-state index is -0.475. The average Bonchev–Trinajstić information content (AvgIpc) is 2.27. The highest BCUT2D eigenvalue weighted by atomic mass is 16.2. The molecular formula is C11H21N3O2. The molecule has 1 rings (SSSR count). The number of likely N-dealkylation sites (N-methyl/N-ethyl adjacent to an activating group) is 1. The number of hydrogen-bond acceptors (Lipinski definition) is 3. The van der Waals surface area contributed by atoms with Crippen LogP contribution in [0.1, 0.15) is 33.1 Å². The smallest absolute Gasteiger partial charge is 0.242 e. The van der Waals surface area contributed by atoms with Crippen molar-refractivity contribution in [2.24, 2.45) is 0 Å². The molecule has 1 aliphatic rings. The number of carbonyl (C=O) groups excluding carboxylic acids is 2. The van der Waals surface area contributed by atoms with E-state index >= 15 is 0 Å². The topological polar surface area (TPSA) is 70.2 Å². The van der Waals surface area contributed by atoms with Crippen molar-refractivity contribution >= 4 is 11.8 Å². The molecule has 16 heavy (non-hydrogen) atoms. The van der Waals surface area contributed by atoms with E-state index in [-0.39, 0.29) is 17.9 Å². The summed E-state index contributed by atoms with van der Waals surface area (Å²) in [4.78, 5) is 23.1. The molecule has 1 aliphatic heterocycles. The molecule has 0 aromatic rings. The monoisotopic (exact) mass is 227 g/mol. The summed E-state index contributed by atoms with van der Waals surface area (Å²) in [6.07, 6.45) is 3.01. The van der Waals surface area contributed by atoms with Crippen molar-refractivity contribution in [3.63, 3.8) is 0 Å². The fraction of sp³-hybridized carbons (Fsp3) is 0.818. The quantitative estimate of drug-likeness (QED) is 0.623. The Morgan fingerprint density at radius 3 is 2.62 bits per heavy atom. The van der Waals surface area contributed by atoms with Gasteiger partial charge in [-0.05, 0) is 33.1 Å². The summed E-state index contributed by atoms with van der Waals surface area (Å²) in [6, 6.07) is -0.257. The zero-order valence-corrected chi connectivity index (χ0v) is 10.2. The maximum atomic E-state index is 11.8. The highest BCUT2D eigenvalue weighted by Crippen LogP contribution is 2.12. The molecule has 0 aliphatic carbocycles. The maximum absolute atomic E-state index is 11.8. The van der Waals surface area contributed by atoms with Crippen molar-refractivity contribution in [2.45, 2.75) is 51.2 Å². The van der Waals surface area contributed by atoms with Gasteiger partial charge in [0, 0.05) is 13.1 Å². The van der Waals surface area contributed by atoms with Gasteiger partial charge in [-0.25, -0.2) is 0 Å². The van der Waals surface area contributed by atoms with Gasteiger partial charge < -0.3 is 16.0 Å². The summed E-state index contributed by atoms with van der Waals surface area (Å²) in [7, 11) is 1.56. The molecule has 3 N–H and O–H groups in total. The molecule has 3 atom stereocenters. The van der Waals surface area contributed by atoms with E-state index in [1.807, 2.05) is 0 Å². The molecule has 0 aromatic carbocycles. The first-order valence-corrected chi connectivity index (χ1v) is 5.82. The van der Waals surface area contributed by atoms with Crippen LogP contribution in [0.2, 0.25) is 0 Å². The van der Waals surface area contributed by atoms with Gasteiger partial charge in [0.25, 0.3) is 0 Å². The lowest BCUT2D eigenvalue weighted by atomic mass is 9.99. The molecule has 5 nitrogen and oxygen atoms in total. The third-order valence-corrected chi connectivity index (χ3v) is 2.93. The first-order chi connectivity index (χ1) is 7.54. The fourth-order valence-electron chi connectivity index (χ4n) is 1.94. The van der Waals surface area contributed by atoms with E-state index in [9.17, 15) is 9.59 Å². The maximum Gasteiger partial charge on any atom is 0.242 e. The van der Waals surface area contributed by atoms with E-state index in [0.717, 1.165) is 19.3 Å². The van der Waals surface area contributed by atoms with Gasteiger partial charge in [-0.1, -0.05) is 0 Å². The molecule has 3 unspecified atom stereocenters. The van der Waals surface area contributed by atoms with Gasteiger partial charge in [-0.3, -0.25) is 9.59 Å². The number of piperidine rings is 1. The summed E-state index contributed by atoms with van der Waals surface area (Å²) in [5.74, 6) is -0.250. The predicted molar refractivity (Wildman–Crippen MR) is 61.9 cm³/mol. The largest absolute Gasteiger partial charge is 0.357 e. The van der Waals surface area contributed by atoms with Crippen LogP contribution in [0.25, 0.3) is 0 Å². The van der Waals surface area contributed by atoms with Gasteiger partial charge in [0.2, 0.25) is 11.8 Å². The van der Waals surface area contributed by atoms with E-state index in [1.165, 1.54) is 0 Å². The first-order valence-electron chi connectivity index (χ1n) is 5.82. The van der Waals surface area contributed by atoms with Crippen LogP contribution < -0.4 is 16.0 Å². The molecule has 0 spiro atoms. The Balaban J connectivity index is 2.42. The molecule has 1 saturated heterocycles. The van der Waals surface area contributed by atoms with E-state index < -0.39 is 6.04 Å². The van der Waals surface area contributed by atoms with E-state index in [4.69, 9.17) is 0 Å². The molecule has 0 bridgehead atoms. The fourth-order valence-corrected chi connectivity index (χ4v) is 1.94. The second kappa shape index (κ2) is 5.84. The van der Waals surface area contributed by atoms with Gasteiger partial charge in [0.05, 0.1) is 6.04 Å². The SMILES string of the molecule is CNC(=O)C(C)NC(=O)C1CCCC(C)N1. The standard InChI is InChI=1S/C11H21N3O2/c1-7-5-4-6-9(13-7)11(16)14-8(2)10(15)12-3/h7-9,13H,4-6H2,1-3H3,(H,12,15)(H,14,16). The second-order valence-corrected chi connectivity index (χ2v) is 4.40. The van der Waals surface area contributed by atoms with Crippen molar-refractivity contribution in [1.29, 1.82) is 0 Å². The molecule has 0 saturated carbocycles. The molecule has 0 radical (unpaired) electrons.